The third kappa shape index (κ3) is 7.86. The van der Waals surface area contributed by atoms with Crippen molar-refractivity contribution in [1.29, 1.82) is 0 Å². The molecule has 8 heteroatoms. The van der Waals surface area contributed by atoms with Crippen molar-refractivity contribution >= 4 is 11.8 Å². The molecule has 1 atom stereocenters. The number of unbranched alkanes of at least 4 members (excludes halogenated alkanes) is 1. The van der Waals surface area contributed by atoms with Gasteiger partial charge >= 0.3 is 0 Å². The molecule has 2 aromatic carbocycles. The van der Waals surface area contributed by atoms with E-state index in [0.29, 0.717) is 36.0 Å². The molecular formula is C26H36N2O6. The normalized spacial score (nSPS) is 11.3. The number of nitrogens with one attached hydrogen (secondary N) is 1. The predicted molar refractivity (Wildman–Crippen MR) is 131 cm³/mol. The first kappa shape index (κ1) is 26.8. The summed E-state index contributed by atoms with van der Waals surface area (Å²) in [5.41, 5.74) is 0.857. The quantitative estimate of drug-likeness (QED) is 0.421. The van der Waals surface area contributed by atoms with Gasteiger partial charge in [0.05, 0.1) is 21.3 Å². The maximum atomic E-state index is 13.3. The Bertz CT molecular complexity index is 911. The number of benzene rings is 2. The van der Waals surface area contributed by atoms with Gasteiger partial charge in [0, 0.05) is 31.3 Å². The van der Waals surface area contributed by atoms with Crippen molar-refractivity contribution in [1.82, 2.24) is 10.2 Å². The molecule has 0 aliphatic heterocycles. The van der Waals surface area contributed by atoms with Gasteiger partial charge in [0.15, 0.2) is 6.61 Å². The first-order valence-electron chi connectivity index (χ1n) is 11.5. The van der Waals surface area contributed by atoms with Crippen molar-refractivity contribution in [2.24, 2.45) is 0 Å². The predicted octanol–water partition coefficient (Wildman–Crippen LogP) is 3.81. The number of methoxy groups -OCH3 is 3. The van der Waals surface area contributed by atoms with Crippen LogP contribution >= 0.6 is 0 Å². The molecule has 8 nitrogen and oxygen atoms in total. The lowest BCUT2D eigenvalue weighted by molar-refractivity contribution is -0.143. The molecule has 186 valence electrons. The fourth-order valence-electron chi connectivity index (χ4n) is 3.49. The van der Waals surface area contributed by atoms with Crippen LogP contribution in [-0.2, 0) is 16.1 Å². The molecule has 0 unspecified atom stereocenters. The molecule has 2 aromatic rings. The summed E-state index contributed by atoms with van der Waals surface area (Å²) in [6, 6.07) is 11.9. The molecule has 0 heterocycles. The summed E-state index contributed by atoms with van der Waals surface area (Å²) in [5.74, 6) is 1.75. The Morgan fingerprint density at radius 1 is 0.912 bits per heavy atom. The third-order valence-electron chi connectivity index (χ3n) is 5.39. The topological polar surface area (TPSA) is 86.3 Å². The Labute approximate surface area is 202 Å². The van der Waals surface area contributed by atoms with Crippen LogP contribution in [0.15, 0.2) is 42.5 Å². The fourth-order valence-corrected chi connectivity index (χ4v) is 3.49. The summed E-state index contributed by atoms with van der Waals surface area (Å²) in [4.78, 5) is 27.9. The summed E-state index contributed by atoms with van der Waals surface area (Å²) >= 11 is 0. The lowest BCUT2D eigenvalue weighted by atomic mass is 10.1. The van der Waals surface area contributed by atoms with E-state index < -0.39 is 6.04 Å². The van der Waals surface area contributed by atoms with E-state index >= 15 is 0 Å². The van der Waals surface area contributed by atoms with Crippen LogP contribution in [0.4, 0.5) is 0 Å². The van der Waals surface area contributed by atoms with E-state index in [0.717, 1.165) is 18.4 Å². The second-order valence-corrected chi connectivity index (χ2v) is 7.78. The molecule has 34 heavy (non-hydrogen) atoms. The molecular weight excluding hydrogens is 436 g/mol. The zero-order valence-electron chi connectivity index (χ0n) is 20.8. The van der Waals surface area contributed by atoms with Gasteiger partial charge in [-0.15, -0.1) is 0 Å². The van der Waals surface area contributed by atoms with Gasteiger partial charge in [0.2, 0.25) is 5.91 Å². The maximum Gasteiger partial charge on any atom is 0.261 e. The standard InChI is InChI=1S/C26H36N2O6/c1-6-8-12-27-26(30)24(7-2)28(17-19-10-9-11-20(13-19)31-3)25(29)18-34-23-15-21(32-4)14-22(16-23)33-5/h9-11,13-16,24H,6-8,12,17-18H2,1-5H3,(H,27,30)/t24-/m0/s1. The largest absolute Gasteiger partial charge is 0.497 e. The molecule has 0 saturated heterocycles. The highest BCUT2D eigenvalue weighted by Gasteiger charge is 2.29. The number of hydrogen-bond donors (Lipinski definition) is 1. The summed E-state index contributed by atoms with van der Waals surface area (Å²) in [5, 5.41) is 2.95. The maximum absolute atomic E-state index is 13.3. The summed E-state index contributed by atoms with van der Waals surface area (Å²) < 4.78 is 21.6. The Kier molecular flexibility index (Phi) is 11.0. The summed E-state index contributed by atoms with van der Waals surface area (Å²) in [6.07, 6.45) is 2.33. The van der Waals surface area contributed by atoms with E-state index in [2.05, 4.69) is 12.2 Å². The zero-order valence-corrected chi connectivity index (χ0v) is 20.8. The number of ether oxygens (including phenoxy) is 4. The van der Waals surface area contributed by atoms with Crippen LogP contribution in [-0.4, -0.2) is 57.2 Å². The molecule has 1 N–H and O–H groups in total. The van der Waals surface area contributed by atoms with Crippen LogP contribution in [0, 0.1) is 0 Å². The third-order valence-corrected chi connectivity index (χ3v) is 5.39. The minimum Gasteiger partial charge on any atom is -0.497 e. The summed E-state index contributed by atoms with van der Waals surface area (Å²) in [7, 11) is 4.68. The first-order valence-corrected chi connectivity index (χ1v) is 11.5. The average molecular weight is 473 g/mol. The molecule has 0 spiro atoms. The van der Waals surface area contributed by atoms with E-state index in [4.69, 9.17) is 18.9 Å². The van der Waals surface area contributed by atoms with E-state index in [9.17, 15) is 9.59 Å². The van der Waals surface area contributed by atoms with Crippen LogP contribution in [0.2, 0.25) is 0 Å². The van der Waals surface area contributed by atoms with Crippen molar-refractivity contribution in [2.75, 3.05) is 34.5 Å². The molecule has 0 aliphatic carbocycles. The van der Waals surface area contributed by atoms with Crippen LogP contribution in [0.5, 0.6) is 23.0 Å². The average Bonchev–Trinajstić information content (AvgIpc) is 2.87. The van der Waals surface area contributed by atoms with Gasteiger partial charge in [0.1, 0.15) is 29.0 Å². The number of carbonyl (C=O) groups is 2. The van der Waals surface area contributed by atoms with Crippen molar-refractivity contribution in [3.63, 3.8) is 0 Å². The molecule has 0 saturated carbocycles. The van der Waals surface area contributed by atoms with E-state index in [-0.39, 0.29) is 25.0 Å². The van der Waals surface area contributed by atoms with Crippen LogP contribution in [0.3, 0.4) is 0 Å². The van der Waals surface area contributed by atoms with Gasteiger partial charge in [-0.2, -0.15) is 0 Å². The smallest absolute Gasteiger partial charge is 0.261 e. The van der Waals surface area contributed by atoms with Crippen molar-refractivity contribution in [3.05, 3.63) is 48.0 Å². The number of amides is 2. The molecule has 0 aliphatic rings. The SMILES string of the molecule is CCCCNC(=O)[C@H](CC)N(Cc1cccc(OC)c1)C(=O)COc1cc(OC)cc(OC)c1. The lowest BCUT2D eigenvalue weighted by Gasteiger charge is -2.30. The van der Waals surface area contributed by atoms with Gasteiger partial charge in [0.25, 0.3) is 5.91 Å². The van der Waals surface area contributed by atoms with Crippen molar-refractivity contribution in [3.8, 4) is 23.0 Å². The van der Waals surface area contributed by atoms with Crippen LogP contribution in [0.25, 0.3) is 0 Å². The highest BCUT2D eigenvalue weighted by molar-refractivity contribution is 5.88. The number of carbonyl (C=O) groups excluding carboxylic acids is 2. The number of nitrogens with zero attached hydrogens (tertiary/aromatic N) is 1. The van der Waals surface area contributed by atoms with Gasteiger partial charge < -0.3 is 29.2 Å². The van der Waals surface area contributed by atoms with Crippen molar-refractivity contribution < 1.29 is 28.5 Å². The monoisotopic (exact) mass is 472 g/mol. The minimum absolute atomic E-state index is 0.171. The lowest BCUT2D eigenvalue weighted by Crippen LogP contribution is -2.50. The van der Waals surface area contributed by atoms with Gasteiger partial charge in [-0.25, -0.2) is 0 Å². The van der Waals surface area contributed by atoms with Crippen molar-refractivity contribution in [2.45, 2.75) is 45.7 Å². The van der Waals surface area contributed by atoms with Gasteiger partial charge in [-0.1, -0.05) is 32.4 Å². The molecule has 0 aromatic heterocycles. The molecule has 0 fully saturated rings. The van der Waals surface area contributed by atoms with Crippen LogP contribution < -0.4 is 24.3 Å². The first-order chi connectivity index (χ1) is 16.4. The van der Waals surface area contributed by atoms with E-state index in [1.807, 2.05) is 31.2 Å². The molecule has 0 radical (unpaired) electrons. The zero-order chi connectivity index (χ0) is 24.9. The molecule has 0 bridgehead atoms. The highest BCUT2D eigenvalue weighted by atomic mass is 16.5. The highest BCUT2D eigenvalue weighted by Crippen LogP contribution is 2.27. The Hall–Kier alpha value is -3.42. The van der Waals surface area contributed by atoms with Gasteiger partial charge in [-0.3, -0.25) is 9.59 Å². The van der Waals surface area contributed by atoms with E-state index in [1.54, 1.807) is 44.4 Å². The van der Waals surface area contributed by atoms with Crippen LogP contribution in [0.1, 0.15) is 38.7 Å². The number of rotatable bonds is 14. The van der Waals surface area contributed by atoms with Gasteiger partial charge in [-0.05, 0) is 30.5 Å². The Balaban J connectivity index is 2.24. The fraction of sp³-hybridized carbons (Fsp3) is 0.462. The Morgan fingerprint density at radius 3 is 2.15 bits per heavy atom. The minimum atomic E-state index is -0.626. The Morgan fingerprint density at radius 2 is 1.56 bits per heavy atom. The second-order valence-electron chi connectivity index (χ2n) is 7.78. The van der Waals surface area contributed by atoms with E-state index in [1.165, 1.54) is 0 Å². The number of hydrogen-bond acceptors (Lipinski definition) is 6. The second kappa shape index (κ2) is 14.0. The summed E-state index contributed by atoms with van der Waals surface area (Å²) in [6.45, 7) is 4.55. The molecule has 2 rings (SSSR count). The molecule has 2 amide bonds.